The molecule has 0 bridgehead atoms. The number of anilines is 1. The Hall–Kier alpha value is -1.66. The molecule has 0 unspecified atom stereocenters. The van der Waals surface area contributed by atoms with E-state index in [1.165, 1.54) is 10.3 Å². The lowest BCUT2D eigenvalue weighted by molar-refractivity contribution is -0.140. The van der Waals surface area contributed by atoms with Crippen LogP contribution in [0.4, 0.5) is 5.13 Å². The van der Waals surface area contributed by atoms with Gasteiger partial charge in [0.05, 0.1) is 23.4 Å². The molecule has 2 aliphatic heterocycles. The maximum absolute atomic E-state index is 12.7. The molecule has 0 atom stereocenters. The Morgan fingerprint density at radius 3 is 2.62 bits per heavy atom. The Labute approximate surface area is 159 Å². The number of aromatic nitrogens is 1. The first kappa shape index (κ1) is 17.7. The van der Waals surface area contributed by atoms with Crippen LogP contribution in [0.15, 0.2) is 18.2 Å². The summed E-state index contributed by atoms with van der Waals surface area (Å²) in [5.74, 6) is 0.954. The Balaban J connectivity index is 1.44. The smallest absolute Gasteiger partial charge is 0.225 e. The third kappa shape index (κ3) is 3.45. The number of carbonyl (C=O) groups excluding carboxylic acids is 1. The van der Waals surface area contributed by atoms with Gasteiger partial charge in [-0.05, 0) is 30.4 Å². The van der Waals surface area contributed by atoms with Crippen LogP contribution >= 0.6 is 11.3 Å². The van der Waals surface area contributed by atoms with E-state index in [0.717, 1.165) is 49.7 Å². The minimum absolute atomic E-state index is 0.157. The zero-order valence-electron chi connectivity index (χ0n) is 15.6. The molecule has 3 heterocycles. The number of morpholine rings is 1. The molecule has 26 heavy (non-hydrogen) atoms. The molecule has 4 rings (SSSR count). The Morgan fingerprint density at radius 2 is 1.92 bits per heavy atom. The largest absolute Gasteiger partial charge is 0.378 e. The van der Waals surface area contributed by atoms with E-state index in [2.05, 4.69) is 36.9 Å². The highest BCUT2D eigenvalue weighted by molar-refractivity contribution is 7.22. The minimum Gasteiger partial charge on any atom is -0.378 e. The SMILES string of the molecule is CC(C)c1cccc2sc(N3CCC(C(=O)N4CCOCC4)CC3)nc12. The molecule has 1 amide bonds. The Bertz CT molecular complexity index is 774. The number of ether oxygens (including phenoxy) is 1. The summed E-state index contributed by atoms with van der Waals surface area (Å²) in [6, 6.07) is 6.48. The molecule has 1 aromatic carbocycles. The normalized spacial score (nSPS) is 19.5. The average Bonchev–Trinajstić information content (AvgIpc) is 3.12. The predicted molar refractivity (Wildman–Crippen MR) is 106 cm³/mol. The van der Waals surface area contributed by atoms with Crippen LogP contribution < -0.4 is 4.90 Å². The fraction of sp³-hybridized carbons (Fsp3) is 0.600. The van der Waals surface area contributed by atoms with Crippen molar-refractivity contribution in [3.05, 3.63) is 23.8 Å². The molecule has 2 saturated heterocycles. The van der Waals surface area contributed by atoms with Crippen LogP contribution in [0.1, 0.15) is 38.2 Å². The number of benzene rings is 1. The molecule has 5 nitrogen and oxygen atoms in total. The topological polar surface area (TPSA) is 45.7 Å². The van der Waals surface area contributed by atoms with Gasteiger partial charge in [0.2, 0.25) is 5.91 Å². The molecule has 1 aromatic heterocycles. The van der Waals surface area contributed by atoms with Gasteiger partial charge >= 0.3 is 0 Å². The van der Waals surface area contributed by atoms with Crippen molar-refractivity contribution in [2.45, 2.75) is 32.6 Å². The molecule has 0 spiro atoms. The maximum atomic E-state index is 12.7. The van der Waals surface area contributed by atoms with E-state index in [9.17, 15) is 4.79 Å². The number of fused-ring (bicyclic) bond motifs is 1. The van der Waals surface area contributed by atoms with Crippen LogP contribution in [0, 0.1) is 5.92 Å². The fourth-order valence-corrected chi connectivity index (χ4v) is 4.97. The van der Waals surface area contributed by atoms with Crippen molar-refractivity contribution in [3.8, 4) is 0 Å². The highest BCUT2D eigenvalue weighted by atomic mass is 32.1. The third-order valence-electron chi connectivity index (χ3n) is 5.50. The molecule has 0 aliphatic carbocycles. The van der Waals surface area contributed by atoms with Crippen LogP contribution in [-0.2, 0) is 9.53 Å². The standard InChI is InChI=1S/C20H27N3O2S/c1-14(2)16-4-3-5-17-18(16)21-20(26-17)23-8-6-15(7-9-23)19(24)22-10-12-25-13-11-22/h3-5,14-15H,6-13H2,1-2H3. The lowest BCUT2D eigenvalue weighted by atomic mass is 9.95. The highest BCUT2D eigenvalue weighted by Crippen LogP contribution is 2.35. The molecular formula is C20H27N3O2S. The van der Waals surface area contributed by atoms with E-state index >= 15 is 0 Å². The van der Waals surface area contributed by atoms with E-state index in [1.807, 2.05) is 4.90 Å². The number of piperidine rings is 1. The average molecular weight is 374 g/mol. The first-order valence-corrected chi connectivity index (χ1v) is 10.5. The fourth-order valence-electron chi connectivity index (χ4n) is 3.92. The zero-order chi connectivity index (χ0) is 18.1. The van der Waals surface area contributed by atoms with Gasteiger partial charge in [-0.1, -0.05) is 37.3 Å². The minimum atomic E-state index is 0.157. The number of para-hydroxylation sites is 1. The maximum Gasteiger partial charge on any atom is 0.225 e. The second-order valence-electron chi connectivity index (χ2n) is 7.54. The van der Waals surface area contributed by atoms with Gasteiger partial charge in [-0.25, -0.2) is 4.98 Å². The number of nitrogens with zero attached hydrogens (tertiary/aromatic N) is 3. The number of amides is 1. The second-order valence-corrected chi connectivity index (χ2v) is 8.55. The first-order valence-electron chi connectivity index (χ1n) is 9.64. The predicted octanol–water partition coefficient (Wildman–Crippen LogP) is 3.49. The van der Waals surface area contributed by atoms with Crippen molar-refractivity contribution in [3.63, 3.8) is 0 Å². The molecule has 140 valence electrons. The number of hydrogen-bond donors (Lipinski definition) is 0. The van der Waals surface area contributed by atoms with Gasteiger partial charge in [0, 0.05) is 32.1 Å². The van der Waals surface area contributed by atoms with Crippen molar-refractivity contribution in [2.24, 2.45) is 5.92 Å². The molecule has 2 aromatic rings. The van der Waals surface area contributed by atoms with E-state index in [1.54, 1.807) is 11.3 Å². The summed E-state index contributed by atoms with van der Waals surface area (Å²) in [5.41, 5.74) is 2.47. The monoisotopic (exact) mass is 373 g/mol. The summed E-state index contributed by atoms with van der Waals surface area (Å²) in [7, 11) is 0. The van der Waals surface area contributed by atoms with Crippen LogP contribution in [-0.4, -0.2) is 55.2 Å². The van der Waals surface area contributed by atoms with Crippen molar-refractivity contribution >= 4 is 32.6 Å². The van der Waals surface area contributed by atoms with Crippen LogP contribution in [0.5, 0.6) is 0 Å². The van der Waals surface area contributed by atoms with Crippen molar-refractivity contribution in [1.29, 1.82) is 0 Å². The first-order chi connectivity index (χ1) is 12.6. The summed E-state index contributed by atoms with van der Waals surface area (Å²) in [6.07, 6.45) is 1.84. The number of rotatable bonds is 3. The Kier molecular flexibility index (Phi) is 5.14. The van der Waals surface area contributed by atoms with Gasteiger partial charge < -0.3 is 14.5 Å². The second kappa shape index (κ2) is 7.53. The van der Waals surface area contributed by atoms with E-state index in [4.69, 9.17) is 9.72 Å². The lowest BCUT2D eigenvalue weighted by Gasteiger charge is -2.35. The molecule has 6 heteroatoms. The van der Waals surface area contributed by atoms with Gasteiger partial charge in [0.25, 0.3) is 0 Å². The van der Waals surface area contributed by atoms with Gasteiger partial charge in [0.1, 0.15) is 0 Å². The number of carbonyl (C=O) groups is 1. The molecule has 0 N–H and O–H groups in total. The lowest BCUT2D eigenvalue weighted by Crippen LogP contribution is -2.46. The van der Waals surface area contributed by atoms with E-state index in [0.29, 0.717) is 25.0 Å². The van der Waals surface area contributed by atoms with Gasteiger partial charge in [-0.15, -0.1) is 0 Å². The Morgan fingerprint density at radius 1 is 1.19 bits per heavy atom. The molecule has 2 fully saturated rings. The van der Waals surface area contributed by atoms with Crippen molar-refractivity contribution in [1.82, 2.24) is 9.88 Å². The van der Waals surface area contributed by atoms with Crippen LogP contribution in [0.3, 0.4) is 0 Å². The molecular weight excluding hydrogens is 346 g/mol. The summed E-state index contributed by atoms with van der Waals surface area (Å²) < 4.78 is 6.62. The van der Waals surface area contributed by atoms with E-state index in [-0.39, 0.29) is 5.92 Å². The van der Waals surface area contributed by atoms with E-state index < -0.39 is 0 Å². The van der Waals surface area contributed by atoms with Crippen LogP contribution in [0.2, 0.25) is 0 Å². The van der Waals surface area contributed by atoms with Gasteiger partial charge in [-0.3, -0.25) is 4.79 Å². The number of thiazole rings is 1. The van der Waals surface area contributed by atoms with Gasteiger partial charge in [-0.2, -0.15) is 0 Å². The molecule has 2 aliphatic rings. The quantitative estimate of drug-likeness (QED) is 0.826. The highest BCUT2D eigenvalue weighted by Gasteiger charge is 2.30. The third-order valence-corrected chi connectivity index (χ3v) is 6.58. The van der Waals surface area contributed by atoms with Crippen molar-refractivity contribution in [2.75, 3.05) is 44.3 Å². The molecule has 0 radical (unpaired) electrons. The zero-order valence-corrected chi connectivity index (χ0v) is 16.4. The summed E-state index contributed by atoms with van der Waals surface area (Å²) in [5, 5.41) is 1.10. The molecule has 0 saturated carbocycles. The van der Waals surface area contributed by atoms with Crippen molar-refractivity contribution < 1.29 is 9.53 Å². The number of hydrogen-bond acceptors (Lipinski definition) is 5. The van der Waals surface area contributed by atoms with Gasteiger partial charge in [0.15, 0.2) is 5.13 Å². The summed E-state index contributed by atoms with van der Waals surface area (Å²) in [6.45, 7) is 9.11. The summed E-state index contributed by atoms with van der Waals surface area (Å²) >= 11 is 1.78. The van der Waals surface area contributed by atoms with Crippen LogP contribution in [0.25, 0.3) is 10.2 Å². The summed E-state index contributed by atoms with van der Waals surface area (Å²) in [4.78, 5) is 22.0.